The van der Waals surface area contributed by atoms with Gasteiger partial charge in [0.15, 0.2) is 6.10 Å². The van der Waals surface area contributed by atoms with Crippen LogP contribution >= 0.6 is 0 Å². The molecule has 0 fully saturated rings. The van der Waals surface area contributed by atoms with Crippen molar-refractivity contribution in [2.75, 3.05) is 26.4 Å². The van der Waals surface area contributed by atoms with Crippen LogP contribution in [0.15, 0.2) is 30.3 Å². The summed E-state index contributed by atoms with van der Waals surface area (Å²) in [7, 11) is 0. The predicted octanol–water partition coefficient (Wildman–Crippen LogP) is 1.36. The summed E-state index contributed by atoms with van der Waals surface area (Å²) in [6.45, 7) is 1.07. The first-order valence-corrected chi connectivity index (χ1v) is 6.31. The van der Waals surface area contributed by atoms with Crippen molar-refractivity contribution in [2.45, 2.75) is 12.5 Å². The second-order valence-corrected chi connectivity index (χ2v) is 4.09. The van der Waals surface area contributed by atoms with Crippen LogP contribution in [0.4, 0.5) is 4.79 Å². The number of primary amides is 1. The molecule has 1 amide bonds. The summed E-state index contributed by atoms with van der Waals surface area (Å²) in [4.78, 5) is 10.7. The van der Waals surface area contributed by atoms with Gasteiger partial charge in [0.2, 0.25) is 0 Å². The molecule has 5 heteroatoms. The third kappa shape index (κ3) is 7.41. The van der Waals surface area contributed by atoms with E-state index in [0.717, 1.165) is 6.42 Å². The molecule has 0 aliphatic heterocycles. The standard InChI is InChI=1S/C15H19NO4/c1-2-9-18-11-14(20-15(16)17)12-19-10-8-13-6-4-3-5-7-13/h1,3-7,14H,8-12H2,(H2,16,17). The fraction of sp³-hybridized carbons (Fsp3) is 0.400. The lowest BCUT2D eigenvalue weighted by molar-refractivity contribution is -0.0191. The van der Waals surface area contributed by atoms with E-state index >= 15 is 0 Å². The van der Waals surface area contributed by atoms with E-state index in [1.165, 1.54) is 5.56 Å². The van der Waals surface area contributed by atoms with Crippen LogP contribution in [0.1, 0.15) is 5.56 Å². The Morgan fingerprint density at radius 3 is 2.60 bits per heavy atom. The number of hydrogen-bond acceptors (Lipinski definition) is 4. The van der Waals surface area contributed by atoms with Gasteiger partial charge in [-0.15, -0.1) is 6.42 Å². The summed E-state index contributed by atoms with van der Waals surface area (Å²) < 4.78 is 15.4. The molecule has 5 nitrogen and oxygen atoms in total. The third-order valence-corrected chi connectivity index (χ3v) is 2.45. The number of hydrogen-bond donors (Lipinski definition) is 1. The van der Waals surface area contributed by atoms with Crippen molar-refractivity contribution in [1.82, 2.24) is 0 Å². The van der Waals surface area contributed by atoms with E-state index in [2.05, 4.69) is 5.92 Å². The zero-order valence-electron chi connectivity index (χ0n) is 11.3. The minimum Gasteiger partial charge on any atom is -0.441 e. The van der Waals surface area contributed by atoms with E-state index in [4.69, 9.17) is 26.4 Å². The molecule has 0 aliphatic carbocycles. The first kappa shape index (κ1) is 16.0. The van der Waals surface area contributed by atoms with Crippen LogP contribution < -0.4 is 5.73 Å². The quantitative estimate of drug-likeness (QED) is 0.546. The van der Waals surface area contributed by atoms with Crippen LogP contribution in [0, 0.1) is 12.3 Å². The number of ether oxygens (including phenoxy) is 3. The lowest BCUT2D eigenvalue weighted by atomic mass is 10.2. The average molecular weight is 277 g/mol. The zero-order chi connectivity index (χ0) is 14.6. The highest BCUT2D eigenvalue weighted by molar-refractivity contribution is 5.64. The number of terminal acetylenes is 1. The van der Waals surface area contributed by atoms with Crippen LogP contribution in [0.25, 0.3) is 0 Å². The van der Waals surface area contributed by atoms with E-state index in [1.807, 2.05) is 30.3 Å². The van der Waals surface area contributed by atoms with Crippen LogP contribution in [-0.2, 0) is 20.6 Å². The highest BCUT2D eigenvalue weighted by Crippen LogP contribution is 2.01. The van der Waals surface area contributed by atoms with Crippen molar-refractivity contribution in [2.24, 2.45) is 5.73 Å². The Bertz CT molecular complexity index is 427. The molecule has 20 heavy (non-hydrogen) atoms. The second kappa shape index (κ2) is 9.84. The molecule has 1 rings (SSSR count). The molecule has 0 bridgehead atoms. The fourth-order valence-corrected chi connectivity index (χ4v) is 1.58. The second-order valence-electron chi connectivity index (χ2n) is 4.09. The molecule has 0 saturated heterocycles. The number of amides is 1. The average Bonchev–Trinajstić information content (AvgIpc) is 2.44. The van der Waals surface area contributed by atoms with Crippen molar-refractivity contribution in [1.29, 1.82) is 0 Å². The molecule has 0 spiro atoms. The van der Waals surface area contributed by atoms with Gasteiger partial charge >= 0.3 is 6.09 Å². The lowest BCUT2D eigenvalue weighted by Gasteiger charge is -2.16. The number of rotatable bonds is 9. The van der Waals surface area contributed by atoms with Gasteiger partial charge in [-0.25, -0.2) is 4.79 Å². The van der Waals surface area contributed by atoms with Gasteiger partial charge in [-0.05, 0) is 12.0 Å². The van der Waals surface area contributed by atoms with Crippen LogP contribution in [-0.4, -0.2) is 38.6 Å². The maximum Gasteiger partial charge on any atom is 0.404 e. The molecule has 1 unspecified atom stereocenters. The first-order chi connectivity index (χ1) is 9.72. The summed E-state index contributed by atoms with van der Waals surface area (Å²) in [5.74, 6) is 2.33. The Morgan fingerprint density at radius 1 is 1.25 bits per heavy atom. The highest BCUT2D eigenvalue weighted by atomic mass is 16.6. The molecule has 1 aromatic rings. The molecule has 0 aromatic heterocycles. The Balaban J connectivity index is 2.23. The molecule has 1 aromatic carbocycles. The van der Waals surface area contributed by atoms with Gasteiger partial charge in [0.05, 0.1) is 19.8 Å². The SMILES string of the molecule is C#CCOCC(COCCc1ccccc1)OC(N)=O. The molecule has 0 radical (unpaired) electrons. The molecule has 0 heterocycles. The van der Waals surface area contributed by atoms with Crippen LogP contribution in [0.3, 0.4) is 0 Å². The van der Waals surface area contributed by atoms with Crippen molar-refractivity contribution in [3.63, 3.8) is 0 Å². The van der Waals surface area contributed by atoms with Crippen molar-refractivity contribution in [3.8, 4) is 12.3 Å². The highest BCUT2D eigenvalue weighted by Gasteiger charge is 2.13. The normalized spacial score (nSPS) is 11.6. The monoisotopic (exact) mass is 277 g/mol. The summed E-state index contributed by atoms with van der Waals surface area (Å²) in [6, 6.07) is 9.96. The van der Waals surface area contributed by atoms with Gasteiger partial charge < -0.3 is 19.9 Å². The number of benzene rings is 1. The number of nitrogens with two attached hydrogens (primary N) is 1. The molecule has 0 aliphatic rings. The number of carbonyl (C=O) groups excluding carboxylic acids is 1. The maximum absolute atomic E-state index is 10.7. The van der Waals surface area contributed by atoms with Gasteiger partial charge in [0.25, 0.3) is 0 Å². The summed E-state index contributed by atoms with van der Waals surface area (Å²) in [5, 5.41) is 0. The van der Waals surface area contributed by atoms with Gasteiger partial charge in [-0.1, -0.05) is 36.3 Å². The number of carbonyl (C=O) groups is 1. The van der Waals surface area contributed by atoms with E-state index in [9.17, 15) is 4.79 Å². The van der Waals surface area contributed by atoms with Crippen LogP contribution in [0.5, 0.6) is 0 Å². The Hall–Kier alpha value is -2.03. The zero-order valence-corrected chi connectivity index (χ0v) is 11.3. The summed E-state index contributed by atoms with van der Waals surface area (Å²) in [5.41, 5.74) is 6.16. The van der Waals surface area contributed by atoms with E-state index in [-0.39, 0.29) is 19.8 Å². The topological polar surface area (TPSA) is 70.8 Å². The fourth-order valence-electron chi connectivity index (χ4n) is 1.58. The maximum atomic E-state index is 10.7. The van der Waals surface area contributed by atoms with E-state index < -0.39 is 12.2 Å². The van der Waals surface area contributed by atoms with Gasteiger partial charge in [-0.2, -0.15) is 0 Å². The summed E-state index contributed by atoms with van der Waals surface area (Å²) in [6.07, 6.45) is 4.45. The molecule has 0 saturated carbocycles. The Kier molecular flexibility index (Phi) is 7.89. The predicted molar refractivity (Wildman–Crippen MR) is 75.1 cm³/mol. The van der Waals surface area contributed by atoms with E-state index in [1.54, 1.807) is 0 Å². The van der Waals surface area contributed by atoms with Crippen molar-refractivity contribution < 1.29 is 19.0 Å². The molecular weight excluding hydrogens is 258 g/mol. The Labute approximate surface area is 119 Å². The molecular formula is C15H19NO4. The van der Waals surface area contributed by atoms with Crippen molar-refractivity contribution in [3.05, 3.63) is 35.9 Å². The lowest BCUT2D eigenvalue weighted by Crippen LogP contribution is -2.31. The smallest absolute Gasteiger partial charge is 0.404 e. The minimum absolute atomic E-state index is 0.155. The van der Waals surface area contributed by atoms with E-state index in [0.29, 0.717) is 6.61 Å². The largest absolute Gasteiger partial charge is 0.441 e. The van der Waals surface area contributed by atoms with Gasteiger partial charge in [-0.3, -0.25) is 0 Å². The first-order valence-electron chi connectivity index (χ1n) is 6.31. The molecule has 108 valence electrons. The van der Waals surface area contributed by atoms with Crippen LogP contribution in [0.2, 0.25) is 0 Å². The van der Waals surface area contributed by atoms with Gasteiger partial charge in [0, 0.05) is 0 Å². The Morgan fingerprint density at radius 2 is 1.95 bits per heavy atom. The molecule has 1 atom stereocenters. The van der Waals surface area contributed by atoms with Gasteiger partial charge in [0.1, 0.15) is 6.61 Å². The molecule has 2 N–H and O–H groups in total. The summed E-state index contributed by atoms with van der Waals surface area (Å²) >= 11 is 0. The third-order valence-electron chi connectivity index (χ3n) is 2.45. The van der Waals surface area contributed by atoms with Crippen molar-refractivity contribution >= 4 is 6.09 Å². The minimum atomic E-state index is -0.856.